The van der Waals surface area contributed by atoms with Gasteiger partial charge in [0.1, 0.15) is 0 Å². The summed E-state index contributed by atoms with van der Waals surface area (Å²) in [6.07, 6.45) is 5.74. The van der Waals surface area contributed by atoms with Crippen LogP contribution in [0.1, 0.15) is 33.1 Å². The van der Waals surface area contributed by atoms with Crippen molar-refractivity contribution >= 4 is 16.6 Å². The fourth-order valence-corrected chi connectivity index (χ4v) is 3.45. The minimum Gasteiger partial charge on any atom is -0.381 e. The Kier molecular flexibility index (Phi) is 4.44. The highest BCUT2D eigenvalue weighted by Gasteiger charge is 2.23. The fraction of sp³-hybridized carbons (Fsp3) is 0.588. The van der Waals surface area contributed by atoms with Crippen molar-refractivity contribution in [1.29, 1.82) is 0 Å². The van der Waals surface area contributed by atoms with Crippen molar-refractivity contribution in [3.63, 3.8) is 0 Å². The van der Waals surface area contributed by atoms with E-state index >= 15 is 0 Å². The van der Waals surface area contributed by atoms with Gasteiger partial charge in [0.05, 0.1) is 17.4 Å². The number of para-hydroxylation sites is 1. The SMILES string of the molecule is CCCN1CCC(C(C)Nc2cccc3cn[nH]c23)CC1. The van der Waals surface area contributed by atoms with Crippen molar-refractivity contribution in [3.05, 3.63) is 24.4 Å². The number of aromatic nitrogens is 2. The summed E-state index contributed by atoms with van der Waals surface area (Å²) in [7, 11) is 0. The molecule has 0 bridgehead atoms. The quantitative estimate of drug-likeness (QED) is 0.884. The third kappa shape index (κ3) is 3.21. The molecular weight excluding hydrogens is 260 g/mol. The van der Waals surface area contributed by atoms with Gasteiger partial charge in [0.25, 0.3) is 0 Å². The first-order valence-corrected chi connectivity index (χ1v) is 8.19. The third-order valence-electron chi connectivity index (χ3n) is 4.74. The zero-order valence-electron chi connectivity index (χ0n) is 13.1. The van der Waals surface area contributed by atoms with E-state index in [0.717, 1.165) is 11.4 Å². The second-order valence-electron chi connectivity index (χ2n) is 6.25. The van der Waals surface area contributed by atoms with Crippen molar-refractivity contribution in [2.75, 3.05) is 25.0 Å². The lowest BCUT2D eigenvalue weighted by atomic mass is 9.90. The van der Waals surface area contributed by atoms with Gasteiger partial charge in [0.15, 0.2) is 0 Å². The van der Waals surface area contributed by atoms with Gasteiger partial charge in [-0.15, -0.1) is 0 Å². The predicted octanol–water partition coefficient (Wildman–Crippen LogP) is 3.49. The lowest BCUT2D eigenvalue weighted by Crippen LogP contribution is -2.39. The standard InChI is InChI=1S/C17H26N4/c1-3-9-21-10-7-14(8-11-21)13(2)19-16-6-4-5-15-12-18-20-17(15)16/h4-6,12-14,19H,3,7-11H2,1-2H3,(H,18,20). The molecule has 114 valence electrons. The van der Waals surface area contributed by atoms with Crippen LogP contribution in [0.5, 0.6) is 0 Å². The first-order chi connectivity index (χ1) is 10.3. The number of rotatable bonds is 5. The second-order valence-corrected chi connectivity index (χ2v) is 6.25. The number of nitrogens with one attached hydrogen (secondary N) is 2. The number of piperidine rings is 1. The largest absolute Gasteiger partial charge is 0.381 e. The Hall–Kier alpha value is -1.55. The molecule has 1 unspecified atom stereocenters. The van der Waals surface area contributed by atoms with Crippen LogP contribution in [0, 0.1) is 5.92 Å². The number of aromatic amines is 1. The number of fused-ring (bicyclic) bond motifs is 1. The Labute approximate surface area is 126 Å². The molecule has 0 spiro atoms. The summed E-state index contributed by atoms with van der Waals surface area (Å²) in [5.74, 6) is 0.760. The topological polar surface area (TPSA) is 44.0 Å². The molecule has 2 heterocycles. The first-order valence-electron chi connectivity index (χ1n) is 8.19. The highest BCUT2D eigenvalue weighted by Crippen LogP contribution is 2.26. The minimum atomic E-state index is 0.502. The molecule has 0 radical (unpaired) electrons. The van der Waals surface area contributed by atoms with Crippen LogP contribution in [-0.4, -0.2) is 40.8 Å². The zero-order valence-corrected chi connectivity index (χ0v) is 13.1. The number of anilines is 1. The Bertz CT molecular complexity index is 569. The zero-order chi connectivity index (χ0) is 14.7. The van der Waals surface area contributed by atoms with Gasteiger partial charge in [-0.3, -0.25) is 5.10 Å². The van der Waals surface area contributed by atoms with E-state index in [1.807, 2.05) is 6.20 Å². The monoisotopic (exact) mass is 286 g/mol. The Morgan fingerprint density at radius 3 is 2.95 bits per heavy atom. The summed E-state index contributed by atoms with van der Waals surface area (Å²) in [6, 6.07) is 6.83. The molecule has 1 atom stereocenters. The maximum absolute atomic E-state index is 4.14. The van der Waals surface area contributed by atoms with Crippen LogP contribution in [0.3, 0.4) is 0 Å². The van der Waals surface area contributed by atoms with Crippen LogP contribution in [0.2, 0.25) is 0 Å². The summed E-state index contributed by atoms with van der Waals surface area (Å²) >= 11 is 0. The molecule has 1 fully saturated rings. The van der Waals surface area contributed by atoms with E-state index in [1.54, 1.807) is 0 Å². The van der Waals surface area contributed by atoms with Crippen molar-refractivity contribution in [2.24, 2.45) is 5.92 Å². The van der Waals surface area contributed by atoms with Gasteiger partial charge in [-0.2, -0.15) is 5.10 Å². The van der Waals surface area contributed by atoms with E-state index < -0.39 is 0 Å². The van der Waals surface area contributed by atoms with E-state index in [-0.39, 0.29) is 0 Å². The van der Waals surface area contributed by atoms with Crippen molar-refractivity contribution in [1.82, 2.24) is 15.1 Å². The molecule has 0 aliphatic carbocycles. The van der Waals surface area contributed by atoms with Crippen molar-refractivity contribution < 1.29 is 0 Å². The van der Waals surface area contributed by atoms with Crippen LogP contribution in [-0.2, 0) is 0 Å². The van der Waals surface area contributed by atoms with E-state index in [2.05, 4.69) is 52.5 Å². The van der Waals surface area contributed by atoms with Crippen molar-refractivity contribution in [2.45, 2.75) is 39.2 Å². The molecular formula is C17H26N4. The van der Waals surface area contributed by atoms with Gasteiger partial charge in [-0.25, -0.2) is 0 Å². The Morgan fingerprint density at radius 1 is 1.38 bits per heavy atom. The van der Waals surface area contributed by atoms with Gasteiger partial charge < -0.3 is 10.2 Å². The highest BCUT2D eigenvalue weighted by molar-refractivity contribution is 5.89. The molecule has 4 heteroatoms. The van der Waals surface area contributed by atoms with Gasteiger partial charge in [0, 0.05) is 11.4 Å². The molecule has 4 nitrogen and oxygen atoms in total. The molecule has 1 aliphatic heterocycles. The molecule has 21 heavy (non-hydrogen) atoms. The second kappa shape index (κ2) is 6.48. The summed E-state index contributed by atoms with van der Waals surface area (Å²) in [5, 5.41) is 12.1. The van der Waals surface area contributed by atoms with Crippen LogP contribution in [0.15, 0.2) is 24.4 Å². The summed E-state index contributed by atoms with van der Waals surface area (Å²) in [6.45, 7) is 8.33. The van der Waals surface area contributed by atoms with Crippen LogP contribution >= 0.6 is 0 Å². The van der Waals surface area contributed by atoms with Crippen molar-refractivity contribution in [3.8, 4) is 0 Å². The van der Waals surface area contributed by atoms with Gasteiger partial charge >= 0.3 is 0 Å². The van der Waals surface area contributed by atoms with Crippen LogP contribution in [0.4, 0.5) is 5.69 Å². The highest BCUT2D eigenvalue weighted by atomic mass is 15.1. The minimum absolute atomic E-state index is 0.502. The first kappa shape index (κ1) is 14.4. The number of benzene rings is 1. The average molecular weight is 286 g/mol. The Balaban J connectivity index is 1.62. The number of hydrogen-bond donors (Lipinski definition) is 2. The maximum atomic E-state index is 4.14. The average Bonchev–Trinajstić information content (AvgIpc) is 2.98. The van der Waals surface area contributed by atoms with E-state index in [9.17, 15) is 0 Å². The van der Waals surface area contributed by atoms with E-state index in [4.69, 9.17) is 0 Å². The summed E-state index contributed by atoms with van der Waals surface area (Å²) in [5.41, 5.74) is 2.29. The smallest absolute Gasteiger partial charge is 0.0881 e. The molecule has 2 N–H and O–H groups in total. The van der Waals surface area contributed by atoms with Gasteiger partial charge in [-0.1, -0.05) is 19.1 Å². The number of likely N-dealkylation sites (tertiary alicyclic amines) is 1. The molecule has 1 aromatic carbocycles. The molecule has 1 saturated heterocycles. The van der Waals surface area contributed by atoms with E-state index in [0.29, 0.717) is 6.04 Å². The summed E-state index contributed by atoms with van der Waals surface area (Å²) in [4.78, 5) is 2.60. The number of hydrogen-bond acceptors (Lipinski definition) is 3. The predicted molar refractivity (Wildman–Crippen MR) is 88.6 cm³/mol. The number of H-pyrrole nitrogens is 1. The lowest BCUT2D eigenvalue weighted by molar-refractivity contribution is 0.176. The fourth-order valence-electron chi connectivity index (χ4n) is 3.45. The number of nitrogens with zero attached hydrogens (tertiary/aromatic N) is 2. The van der Waals surface area contributed by atoms with Crippen LogP contribution < -0.4 is 5.32 Å². The van der Waals surface area contributed by atoms with Gasteiger partial charge in [-0.05, 0) is 57.8 Å². The molecule has 1 aliphatic rings. The van der Waals surface area contributed by atoms with E-state index in [1.165, 1.54) is 50.0 Å². The molecule has 1 aromatic heterocycles. The third-order valence-corrected chi connectivity index (χ3v) is 4.74. The molecule has 2 aromatic rings. The van der Waals surface area contributed by atoms with Crippen LogP contribution in [0.25, 0.3) is 10.9 Å². The molecule has 0 saturated carbocycles. The van der Waals surface area contributed by atoms with Gasteiger partial charge in [0.2, 0.25) is 0 Å². The molecule has 3 rings (SSSR count). The Morgan fingerprint density at radius 2 is 2.19 bits per heavy atom. The normalized spacial score (nSPS) is 19.0. The lowest BCUT2D eigenvalue weighted by Gasteiger charge is -2.35. The maximum Gasteiger partial charge on any atom is 0.0881 e. The molecule has 0 amide bonds. The summed E-state index contributed by atoms with van der Waals surface area (Å²) < 4.78 is 0.